The molecule has 3 N–H and O–H groups in total. The van der Waals surface area contributed by atoms with Crippen molar-refractivity contribution in [2.45, 2.75) is 13.8 Å². The van der Waals surface area contributed by atoms with E-state index in [9.17, 15) is 4.79 Å². The van der Waals surface area contributed by atoms with Gasteiger partial charge in [0, 0.05) is 5.57 Å². The third-order valence-electron chi connectivity index (χ3n) is 2.43. The summed E-state index contributed by atoms with van der Waals surface area (Å²) in [6.07, 6.45) is 5.42. The molecule has 0 atom stereocenters. The number of nitrogens with one attached hydrogen (secondary N) is 1. The number of hydrogen-bond acceptors (Lipinski definition) is 2. The fourth-order valence-corrected chi connectivity index (χ4v) is 1.43. The van der Waals surface area contributed by atoms with E-state index in [1.165, 1.54) is 0 Å². The third kappa shape index (κ3) is 1.96. The van der Waals surface area contributed by atoms with Crippen molar-refractivity contribution in [3.63, 3.8) is 0 Å². The van der Waals surface area contributed by atoms with E-state index in [4.69, 9.17) is 11.1 Å². The molecule has 3 heteroatoms. The Hall–Kier alpha value is -1.90. The molecule has 0 unspecified atom stereocenters. The van der Waals surface area contributed by atoms with Crippen LogP contribution in [0.1, 0.15) is 13.8 Å². The Morgan fingerprint density at radius 1 is 1.53 bits per heavy atom. The monoisotopic (exact) mass is 202 g/mol. The van der Waals surface area contributed by atoms with Crippen LogP contribution in [0.2, 0.25) is 0 Å². The molecule has 1 aliphatic carbocycles. The Bertz CT molecular complexity index is 437. The second-order valence-corrected chi connectivity index (χ2v) is 3.33. The van der Waals surface area contributed by atoms with Gasteiger partial charge < -0.3 is 5.73 Å². The molecule has 0 aliphatic heterocycles. The smallest absolute Gasteiger partial charge is 0.248 e. The Morgan fingerprint density at radius 3 is 2.60 bits per heavy atom. The summed E-state index contributed by atoms with van der Waals surface area (Å²) in [6, 6.07) is 0. The van der Waals surface area contributed by atoms with Crippen LogP contribution in [0.5, 0.6) is 0 Å². The van der Waals surface area contributed by atoms with Crippen LogP contribution in [0.25, 0.3) is 0 Å². The van der Waals surface area contributed by atoms with Crippen LogP contribution in [-0.4, -0.2) is 11.6 Å². The first-order valence-corrected chi connectivity index (χ1v) is 4.62. The van der Waals surface area contributed by atoms with E-state index in [0.29, 0.717) is 11.3 Å². The molecule has 1 aliphatic rings. The summed E-state index contributed by atoms with van der Waals surface area (Å²) in [6.45, 7) is 7.27. The summed E-state index contributed by atoms with van der Waals surface area (Å²) in [5, 5.41) is 7.85. The Labute approximate surface area is 89.2 Å². The Balaban J connectivity index is 3.20. The summed E-state index contributed by atoms with van der Waals surface area (Å²) in [5.74, 6) is -0.550. The largest absolute Gasteiger partial charge is 0.366 e. The second-order valence-electron chi connectivity index (χ2n) is 3.33. The minimum Gasteiger partial charge on any atom is -0.366 e. The fourth-order valence-electron chi connectivity index (χ4n) is 1.43. The van der Waals surface area contributed by atoms with E-state index < -0.39 is 5.91 Å². The van der Waals surface area contributed by atoms with Crippen LogP contribution in [0.4, 0.5) is 0 Å². The molecule has 0 aromatic heterocycles. The second kappa shape index (κ2) is 4.09. The molecule has 0 bridgehead atoms. The van der Waals surface area contributed by atoms with Crippen LogP contribution >= 0.6 is 0 Å². The Kier molecular flexibility index (Phi) is 3.04. The molecule has 1 amide bonds. The number of allylic oxidation sites excluding steroid dienone is 5. The fraction of sp³-hybridized carbons (Fsp3) is 0.167. The van der Waals surface area contributed by atoms with Crippen molar-refractivity contribution < 1.29 is 4.79 Å². The van der Waals surface area contributed by atoms with Crippen molar-refractivity contribution in [1.82, 2.24) is 0 Å². The first kappa shape index (κ1) is 11.2. The van der Waals surface area contributed by atoms with Crippen LogP contribution in [0.3, 0.4) is 0 Å². The molecular formula is C12H14N2O. The highest BCUT2D eigenvalue weighted by atomic mass is 16.1. The molecule has 0 heterocycles. The zero-order chi connectivity index (χ0) is 11.6. The molecule has 15 heavy (non-hydrogen) atoms. The van der Waals surface area contributed by atoms with Gasteiger partial charge in [0.25, 0.3) is 0 Å². The van der Waals surface area contributed by atoms with Gasteiger partial charge in [-0.25, -0.2) is 0 Å². The molecule has 0 fully saturated rings. The van der Waals surface area contributed by atoms with Gasteiger partial charge >= 0.3 is 0 Å². The summed E-state index contributed by atoms with van der Waals surface area (Å²) < 4.78 is 0. The molecule has 0 spiro atoms. The van der Waals surface area contributed by atoms with E-state index in [2.05, 4.69) is 6.58 Å². The Morgan fingerprint density at radius 2 is 2.13 bits per heavy atom. The maximum Gasteiger partial charge on any atom is 0.248 e. The predicted octanol–water partition coefficient (Wildman–Crippen LogP) is 1.88. The van der Waals surface area contributed by atoms with E-state index in [0.717, 1.165) is 11.1 Å². The summed E-state index contributed by atoms with van der Waals surface area (Å²) in [5.41, 5.74) is 8.04. The SMILES string of the molecule is C=C(C(N)=O)C1=C(C)C(=N)/C(=C\C)C=C1. The number of carbonyl (C=O) groups excluding carboxylic acids is 1. The van der Waals surface area contributed by atoms with Crippen LogP contribution in [0.15, 0.2) is 47.1 Å². The molecule has 1 rings (SSSR count). The number of primary amides is 1. The first-order valence-electron chi connectivity index (χ1n) is 4.62. The first-order chi connectivity index (χ1) is 6.99. The summed E-state index contributed by atoms with van der Waals surface area (Å²) >= 11 is 0. The van der Waals surface area contributed by atoms with Gasteiger partial charge in [-0.05, 0) is 30.6 Å². The minimum atomic E-state index is -0.550. The quantitative estimate of drug-likeness (QED) is 0.659. The number of rotatable bonds is 2. The van der Waals surface area contributed by atoms with Crippen molar-refractivity contribution in [2.75, 3.05) is 0 Å². The van der Waals surface area contributed by atoms with Crippen molar-refractivity contribution >= 4 is 11.6 Å². The van der Waals surface area contributed by atoms with Crippen molar-refractivity contribution in [3.05, 3.63) is 47.1 Å². The average Bonchev–Trinajstić information content (AvgIpc) is 2.21. The maximum atomic E-state index is 11.0. The van der Waals surface area contributed by atoms with Crippen LogP contribution in [-0.2, 0) is 4.79 Å². The van der Waals surface area contributed by atoms with Gasteiger partial charge in [0.15, 0.2) is 0 Å². The number of carbonyl (C=O) groups is 1. The zero-order valence-electron chi connectivity index (χ0n) is 8.92. The van der Waals surface area contributed by atoms with Gasteiger partial charge in [-0.15, -0.1) is 0 Å². The van der Waals surface area contributed by atoms with Crippen molar-refractivity contribution in [2.24, 2.45) is 5.73 Å². The van der Waals surface area contributed by atoms with E-state index in [-0.39, 0.29) is 5.57 Å². The molecule has 0 aromatic rings. The van der Waals surface area contributed by atoms with Crippen molar-refractivity contribution in [3.8, 4) is 0 Å². The van der Waals surface area contributed by atoms with Gasteiger partial charge in [0.1, 0.15) is 0 Å². The normalized spacial score (nSPS) is 18.5. The van der Waals surface area contributed by atoms with E-state index >= 15 is 0 Å². The number of nitrogens with two attached hydrogens (primary N) is 1. The summed E-state index contributed by atoms with van der Waals surface area (Å²) in [4.78, 5) is 11.0. The van der Waals surface area contributed by atoms with Gasteiger partial charge in [0.05, 0.1) is 5.71 Å². The lowest BCUT2D eigenvalue weighted by atomic mass is 9.89. The minimum absolute atomic E-state index is 0.253. The molecule has 0 saturated heterocycles. The summed E-state index contributed by atoms with van der Waals surface area (Å²) in [7, 11) is 0. The standard InChI is InChI=1S/C12H14N2O/c1-4-9-5-6-10(7(2)11(9)13)8(3)12(14)15/h4-6,13H,3H2,1-2H3,(H2,14,15)/b9-4-,13-11?. The molecule has 0 saturated carbocycles. The topological polar surface area (TPSA) is 66.9 Å². The average molecular weight is 202 g/mol. The van der Waals surface area contributed by atoms with Crippen molar-refractivity contribution in [1.29, 1.82) is 5.41 Å². The van der Waals surface area contributed by atoms with Gasteiger partial charge in [-0.2, -0.15) is 0 Å². The lowest BCUT2D eigenvalue weighted by Gasteiger charge is -2.16. The molecule has 3 nitrogen and oxygen atoms in total. The number of hydrogen-bond donors (Lipinski definition) is 2. The van der Waals surface area contributed by atoms with E-state index in [1.54, 1.807) is 19.1 Å². The van der Waals surface area contributed by atoms with E-state index in [1.807, 2.05) is 13.0 Å². The molecular weight excluding hydrogens is 188 g/mol. The molecule has 78 valence electrons. The highest BCUT2D eigenvalue weighted by Gasteiger charge is 2.17. The highest BCUT2D eigenvalue weighted by Crippen LogP contribution is 2.24. The maximum absolute atomic E-state index is 11.0. The highest BCUT2D eigenvalue weighted by molar-refractivity contribution is 6.15. The molecule has 0 aromatic carbocycles. The molecule has 0 radical (unpaired) electrons. The predicted molar refractivity (Wildman–Crippen MR) is 61.7 cm³/mol. The lowest BCUT2D eigenvalue weighted by Crippen LogP contribution is -2.18. The van der Waals surface area contributed by atoms with Crippen LogP contribution < -0.4 is 5.73 Å². The van der Waals surface area contributed by atoms with Crippen LogP contribution in [0, 0.1) is 5.41 Å². The van der Waals surface area contributed by atoms with Gasteiger partial charge in [0.2, 0.25) is 5.91 Å². The van der Waals surface area contributed by atoms with Gasteiger partial charge in [-0.3, -0.25) is 10.2 Å². The lowest BCUT2D eigenvalue weighted by molar-refractivity contribution is -0.114. The third-order valence-corrected chi connectivity index (χ3v) is 2.43. The van der Waals surface area contributed by atoms with Gasteiger partial charge in [-0.1, -0.05) is 24.8 Å². The number of amides is 1. The zero-order valence-corrected chi connectivity index (χ0v) is 8.92.